The molecular weight excluding hydrogens is 271 g/mol. The number of aliphatic hydroxyl groups excluding tert-OH is 3. The van der Waals surface area contributed by atoms with E-state index in [0.717, 1.165) is 0 Å². The van der Waals surface area contributed by atoms with Crippen molar-refractivity contribution < 1.29 is 24.4 Å². The molecule has 0 amide bonds. The smallest absolute Gasteiger partial charge is 0.312 e. The number of nitrogens with zero attached hydrogens (tertiary/aromatic N) is 3. The van der Waals surface area contributed by atoms with E-state index in [9.17, 15) is 14.6 Å². The summed E-state index contributed by atoms with van der Waals surface area (Å²) in [5.41, 5.74) is 5.73. The molecule has 5 N–H and O–H groups in total. The number of hydrogen-bond donors (Lipinski definition) is 4. The number of halogens is 1. The van der Waals surface area contributed by atoms with E-state index in [4.69, 9.17) is 15.6 Å². The second-order valence-electron chi connectivity index (χ2n) is 4.57. The molecule has 0 aromatic carbocycles. The average Bonchev–Trinajstić information content (AvgIpc) is 2.93. The number of fused-ring (bicyclic) bond motifs is 1. The Bertz CT molecular complexity index is 649. The number of hydrogen-bond acceptors (Lipinski definition) is 7. The molecular formula is C11H13FN4O4. The summed E-state index contributed by atoms with van der Waals surface area (Å²) < 4.78 is 20.0. The highest BCUT2D eigenvalue weighted by molar-refractivity contribution is 5.86. The molecule has 108 valence electrons. The first-order valence-corrected chi connectivity index (χ1v) is 5.95. The third-order valence-electron chi connectivity index (χ3n) is 3.37. The molecule has 1 saturated heterocycles. The maximum atomic E-state index is 13.3. The summed E-state index contributed by atoms with van der Waals surface area (Å²) in [6.45, 7) is -0.445. The maximum Gasteiger partial charge on any atom is 0.312 e. The van der Waals surface area contributed by atoms with Crippen LogP contribution in [0, 0.1) is 6.08 Å². The first-order chi connectivity index (χ1) is 9.52. The van der Waals surface area contributed by atoms with Crippen molar-refractivity contribution in [2.45, 2.75) is 24.5 Å². The van der Waals surface area contributed by atoms with Crippen molar-refractivity contribution in [1.29, 1.82) is 0 Å². The van der Waals surface area contributed by atoms with Crippen LogP contribution < -0.4 is 5.73 Å². The molecule has 3 heterocycles. The Hall–Kier alpha value is -1.81. The van der Waals surface area contributed by atoms with Gasteiger partial charge in [0.15, 0.2) is 11.9 Å². The summed E-state index contributed by atoms with van der Waals surface area (Å²) in [4.78, 5) is 7.02. The average molecular weight is 284 g/mol. The highest BCUT2D eigenvalue weighted by atomic mass is 19.1. The molecule has 2 aromatic heterocycles. The van der Waals surface area contributed by atoms with Crippen molar-refractivity contribution in [2.75, 3.05) is 12.3 Å². The van der Waals surface area contributed by atoms with E-state index in [1.807, 2.05) is 0 Å². The summed E-state index contributed by atoms with van der Waals surface area (Å²) in [6, 6.07) is 1.55. The van der Waals surface area contributed by atoms with Gasteiger partial charge in [0, 0.05) is 6.20 Å². The van der Waals surface area contributed by atoms with Crippen LogP contribution >= 0.6 is 0 Å². The molecule has 0 unspecified atom stereocenters. The molecule has 1 aliphatic rings. The zero-order chi connectivity index (χ0) is 14.4. The number of anilines is 1. The van der Waals surface area contributed by atoms with Crippen molar-refractivity contribution in [3.63, 3.8) is 0 Å². The highest BCUT2D eigenvalue weighted by Crippen LogP contribution is 2.32. The fraction of sp³-hybridized carbons (Fsp3) is 0.455. The minimum absolute atomic E-state index is 0.0296. The zero-order valence-electron chi connectivity index (χ0n) is 10.2. The first-order valence-electron chi connectivity index (χ1n) is 5.95. The minimum Gasteiger partial charge on any atom is -0.394 e. The van der Waals surface area contributed by atoms with Gasteiger partial charge in [-0.05, 0) is 6.07 Å². The fourth-order valence-corrected chi connectivity index (χ4v) is 2.34. The second-order valence-corrected chi connectivity index (χ2v) is 4.57. The second kappa shape index (κ2) is 4.63. The van der Waals surface area contributed by atoms with Gasteiger partial charge in [0.25, 0.3) is 0 Å². The van der Waals surface area contributed by atoms with Gasteiger partial charge in [-0.15, -0.1) is 0 Å². The van der Waals surface area contributed by atoms with E-state index in [1.165, 1.54) is 10.8 Å². The molecule has 1 aliphatic heterocycles. The Kier molecular flexibility index (Phi) is 3.05. The predicted octanol–water partition coefficient (Wildman–Crippen LogP) is -1.24. The lowest BCUT2D eigenvalue weighted by atomic mass is 10.1. The Morgan fingerprint density at radius 2 is 2.10 bits per heavy atom. The van der Waals surface area contributed by atoms with Crippen LogP contribution in [0.3, 0.4) is 0 Å². The summed E-state index contributed by atoms with van der Waals surface area (Å²) in [6.07, 6.45) is -3.94. The van der Waals surface area contributed by atoms with Gasteiger partial charge in [0.2, 0.25) is 0 Å². The Labute approximate surface area is 112 Å². The third-order valence-corrected chi connectivity index (χ3v) is 3.37. The number of rotatable bonds is 2. The van der Waals surface area contributed by atoms with Crippen LogP contribution in [0.2, 0.25) is 0 Å². The van der Waals surface area contributed by atoms with Gasteiger partial charge in [-0.1, -0.05) is 0 Å². The lowest BCUT2D eigenvalue weighted by Crippen LogP contribution is -2.33. The van der Waals surface area contributed by atoms with E-state index in [0.29, 0.717) is 5.39 Å². The van der Waals surface area contributed by atoms with E-state index >= 15 is 0 Å². The van der Waals surface area contributed by atoms with Crippen molar-refractivity contribution in [3.05, 3.63) is 18.3 Å². The molecule has 8 nitrogen and oxygen atoms in total. The van der Waals surface area contributed by atoms with Gasteiger partial charge < -0.3 is 30.4 Å². The number of ether oxygens (including phenoxy) is 1. The number of aliphatic hydroxyl groups is 3. The van der Waals surface area contributed by atoms with Crippen LogP contribution in [0.25, 0.3) is 11.0 Å². The van der Waals surface area contributed by atoms with Gasteiger partial charge in [0.1, 0.15) is 24.1 Å². The van der Waals surface area contributed by atoms with Crippen LogP contribution in [0.4, 0.5) is 10.2 Å². The van der Waals surface area contributed by atoms with Gasteiger partial charge in [0.05, 0.1) is 12.0 Å². The standard InChI is InChI=1S/C11H13FN4O4/c12-11-14-8(13)4-1-2-16(9(4)15-11)10-7(19)6(18)5(3-17)20-10/h1-2,5-7,10,17-19H,3H2,(H2,13,14,15)/t5-,6-,7+,10+/m1/s1. The highest BCUT2D eigenvalue weighted by Gasteiger charge is 2.43. The lowest BCUT2D eigenvalue weighted by Gasteiger charge is -2.17. The third kappa shape index (κ3) is 1.83. The minimum atomic E-state index is -1.28. The number of nitrogens with two attached hydrogens (primary N) is 1. The SMILES string of the molecule is Nc1nc(F)nc2c1ccn2[C@H]1O[C@H](CO)[C@@H](O)[C@@H]1O. The topological polar surface area (TPSA) is 127 Å². The zero-order valence-corrected chi connectivity index (χ0v) is 10.2. The molecule has 2 aromatic rings. The van der Waals surface area contributed by atoms with Gasteiger partial charge in [-0.2, -0.15) is 14.4 Å². The van der Waals surface area contributed by atoms with Crippen LogP contribution in [0.15, 0.2) is 12.3 Å². The molecule has 9 heteroatoms. The molecule has 0 spiro atoms. The van der Waals surface area contributed by atoms with Gasteiger partial charge in [-0.3, -0.25) is 0 Å². The summed E-state index contributed by atoms with van der Waals surface area (Å²) in [7, 11) is 0. The predicted molar refractivity (Wildman–Crippen MR) is 64.9 cm³/mol. The largest absolute Gasteiger partial charge is 0.394 e. The first kappa shape index (κ1) is 13.2. The van der Waals surface area contributed by atoms with Crippen molar-refractivity contribution in [3.8, 4) is 0 Å². The van der Waals surface area contributed by atoms with E-state index < -0.39 is 37.2 Å². The van der Waals surface area contributed by atoms with Crippen LogP contribution in [0.5, 0.6) is 0 Å². The molecule has 3 rings (SSSR count). The van der Waals surface area contributed by atoms with Crippen LogP contribution in [0.1, 0.15) is 6.23 Å². The number of aromatic nitrogens is 3. The maximum absolute atomic E-state index is 13.3. The quantitative estimate of drug-likeness (QED) is 0.508. The van der Waals surface area contributed by atoms with Crippen molar-refractivity contribution >= 4 is 16.9 Å². The molecule has 20 heavy (non-hydrogen) atoms. The molecule has 0 radical (unpaired) electrons. The van der Waals surface area contributed by atoms with Crippen molar-refractivity contribution in [1.82, 2.24) is 14.5 Å². The monoisotopic (exact) mass is 284 g/mol. The Morgan fingerprint density at radius 3 is 2.75 bits per heavy atom. The summed E-state index contributed by atoms with van der Waals surface area (Å²) in [5, 5.41) is 29.1. The molecule has 1 fully saturated rings. The van der Waals surface area contributed by atoms with E-state index in [1.54, 1.807) is 6.07 Å². The Balaban J connectivity index is 2.07. The molecule has 0 bridgehead atoms. The normalized spacial score (nSPS) is 30.2. The fourth-order valence-electron chi connectivity index (χ4n) is 2.34. The van der Waals surface area contributed by atoms with Crippen molar-refractivity contribution in [2.24, 2.45) is 0 Å². The van der Waals surface area contributed by atoms with E-state index in [2.05, 4.69) is 9.97 Å². The van der Waals surface area contributed by atoms with Gasteiger partial charge in [-0.25, -0.2) is 0 Å². The summed E-state index contributed by atoms with van der Waals surface area (Å²) in [5.74, 6) is -0.0296. The molecule has 4 atom stereocenters. The Morgan fingerprint density at radius 1 is 1.35 bits per heavy atom. The van der Waals surface area contributed by atoms with Crippen LogP contribution in [-0.4, -0.2) is 54.8 Å². The summed E-state index contributed by atoms with van der Waals surface area (Å²) >= 11 is 0. The van der Waals surface area contributed by atoms with Crippen LogP contribution in [-0.2, 0) is 4.74 Å². The van der Waals surface area contributed by atoms with E-state index in [-0.39, 0.29) is 11.5 Å². The molecule has 0 saturated carbocycles. The van der Waals surface area contributed by atoms with Gasteiger partial charge >= 0.3 is 6.08 Å². The molecule has 0 aliphatic carbocycles. The lowest BCUT2D eigenvalue weighted by molar-refractivity contribution is -0.0509. The number of nitrogen functional groups attached to an aromatic ring is 1.